The third-order valence-corrected chi connectivity index (χ3v) is 16.2. The highest BCUT2D eigenvalue weighted by Gasteiger charge is 2.44. The number of hydrogen-bond donors (Lipinski definition) is 6. The Hall–Kier alpha value is -1.85. The lowest BCUT2D eigenvalue weighted by atomic mass is 9.99. The Kier molecular flexibility index (Phi) is 55.5. The lowest BCUT2D eigenvalue weighted by Crippen LogP contribution is -2.60. The van der Waals surface area contributed by atoms with Crippen LogP contribution >= 0.6 is 0 Å². The second kappa shape index (κ2) is 58.4. The van der Waals surface area contributed by atoms with E-state index in [1.807, 2.05) is 0 Å². The molecule has 1 rings (SSSR count). The summed E-state index contributed by atoms with van der Waals surface area (Å²) in [6, 6.07) is -0.720. The molecule has 0 aromatic heterocycles. The van der Waals surface area contributed by atoms with Gasteiger partial charge < -0.3 is 40.3 Å². The molecule has 7 atom stereocenters. The molecule has 0 aromatic carbocycles. The number of amides is 1. The van der Waals surface area contributed by atoms with Gasteiger partial charge in [0.25, 0.3) is 0 Å². The first kappa shape index (κ1) is 74.2. The van der Waals surface area contributed by atoms with E-state index in [9.17, 15) is 30.3 Å². The van der Waals surface area contributed by atoms with Crippen molar-refractivity contribution in [1.29, 1.82) is 0 Å². The maximum Gasteiger partial charge on any atom is 0.220 e. The zero-order valence-corrected chi connectivity index (χ0v) is 51.2. The van der Waals surface area contributed by atoms with Gasteiger partial charge in [-0.15, -0.1) is 0 Å². The molecule has 1 amide bonds. The van der Waals surface area contributed by atoms with E-state index in [0.717, 1.165) is 64.2 Å². The maximum atomic E-state index is 13.1. The molecule has 1 heterocycles. The van der Waals surface area contributed by atoms with E-state index >= 15 is 0 Å². The minimum absolute atomic E-state index is 0.135. The van der Waals surface area contributed by atoms with E-state index < -0.39 is 49.5 Å². The van der Waals surface area contributed by atoms with Gasteiger partial charge in [-0.2, -0.15) is 0 Å². The minimum atomic E-state index is -1.55. The molecule has 78 heavy (non-hydrogen) atoms. The highest BCUT2D eigenvalue weighted by Crippen LogP contribution is 2.24. The molecule has 0 bridgehead atoms. The number of allylic oxidation sites excluding steroid dienone is 8. The molecule has 0 aliphatic carbocycles. The van der Waals surface area contributed by atoms with Crippen molar-refractivity contribution in [1.82, 2.24) is 5.32 Å². The number of rotatable bonds is 59. The normalized spacial score (nSPS) is 18.9. The topological polar surface area (TPSA) is 149 Å². The van der Waals surface area contributed by atoms with Crippen LogP contribution in [0.1, 0.15) is 328 Å². The lowest BCUT2D eigenvalue weighted by Gasteiger charge is -2.40. The van der Waals surface area contributed by atoms with Crippen molar-refractivity contribution in [2.45, 2.75) is 371 Å². The van der Waals surface area contributed by atoms with Gasteiger partial charge >= 0.3 is 0 Å². The number of carbonyl (C=O) groups excluding carboxylic acids is 1. The molecular weight excluding hydrogens is 971 g/mol. The second-order valence-corrected chi connectivity index (χ2v) is 23.6. The number of carbonyl (C=O) groups is 1. The summed E-state index contributed by atoms with van der Waals surface area (Å²) in [5.74, 6) is -0.139. The quantitative estimate of drug-likeness (QED) is 0.0261. The Bertz CT molecular complexity index is 1370. The van der Waals surface area contributed by atoms with Crippen molar-refractivity contribution >= 4 is 5.91 Å². The second-order valence-electron chi connectivity index (χ2n) is 23.6. The Morgan fingerprint density at radius 2 is 0.795 bits per heavy atom. The first-order chi connectivity index (χ1) is 38.3. The zero-order chi connectivity index (χ0) is 56.5. The van der Waals surface area contributed by atoms with Gasteiger partial charge in [0.1, 0.15) is 24.4 Å². The van der Waals surface area contributed by atoms with Crippen molar-refractivity contribution in [2.75, 3.05) is 13.2 Å². The van der Waals surface area contributed by atoms with Crippen LogP contribution in [0, 0.1) is 0 Å². The number of aliphatic hydroxyl groups is 5. The Balaban J connectivity index is 2.12. The minimum Gasteiger partial charge on any atom is -0.394 e. The Labute approximate surface area is 482 Å². The summed E-state index contributed by atoms with van der Waals surface area (Å²) in [6.07, 6.45) is 71.7. The lowest BCUT2D eigenvalue weighted by molar-refractivity contribution is -0.302. The molecule has 9 heteroatoms. The van der Waals surface area contributed by atoms with Crippen LogP contribution in [0.25, 0.3) is 0 Å². The monoisotopic (exact) mass is 1100 g/mol. The summed E-state index contributed by atoms with van der Waals surface area (Å²) >= 11 is 0. The average molecular weight is 1100 g/mol. The molecule has 1 fully saturated rings. The average Bonchev–Trinajstić information content (AvgIpc) is 3.45. The summed E-state index contributed by atoms with van der Waals surface area (Å²) in [7, 11) is 0. The van der Waals surface area contributed by atoms with Crippen LogP contribution in [0.3, 0.4) is 0 Å². The van der Waals surface area contributed by atoms with Crippen LogP contribution in [0.15, 0.2) is 48.6 Å². The molecule has 0 aromatic rings. The van der Waals surface area contributed by atoms with Gasteiger partial charge in [0, 0.05) is 6.42 Å². The molecule has 9 nitrogen and oxygen atoms in total. The summed E-state index contributed by atoms with van der Waals surface area (Å²) in [5.41, 5.74) is 0. The molecule has 6 N–H and O–H groups in total. The van der Waals surface area contributed by atoms with Gasteiger partial charge in [-0.25, -0.2) is 0 Å². The molecular formula is C69H129NO8. The Morgan fingerprint density at radius 1 is 0.449 bits per heavy atom. The third kappa shape index (κ3) is 46.7. The van der Waals surface area contributed by atoms with Gasteiger partial charge in [0.05, 0.1) is 25.4 Å². The van der Waals surface area contributed by atoms with Crippen LogP contribution in [0.4, 0.5) is 0 Å². The van der Waals surface area contributed by atoms with Crippen molar-refractivity contribution < 1.29 is 39.8 Å². The van der Waals surface area contributed by atoms with Gasteiger partial charge in [0.2, 0.25) is 5.91 Å². The standard InChI is InChI=1S/C69H129NO8/c1-3-5-7-9-11-13-15-17-19-21-23-25-27-29-30-31-32-33-34-35-37-39-41-43-45-47-49-51-53-55-57-59-65(73)70-62(61-77-69-68(76)67(75)66(74)64(60-71)78-69)63(72)58-56-54-52-50-48-46-44-42-40-38-36-28-26-24-22-20-18-16-14-12-10-8-6-4-2/h5,7,11,13,17,19,23,25,62-64,66-69,71-72,74-76H,3-4,6,8-10,12,14-16,18,20-22,24,26-61H2,1-2H3,(H,70,73)/b7-5-,13-11-,19-17-,25-23-. The van der Waals surface area contributed by atoms with Crippen LogP contribution in [0.5, 0.6) is 0 Å². The fourth-order valence-corrected chi connectivity index (χ4v) is 10.9. The fraction of sp³-hybridized carbons (Fsp3) is 0.870. The smallest absolute Gasteiger partial charge is 0.220 e. The largest absolute Gasteiger partial charge is 0.394 e. The Morgan fingerprint density at radius 3 is 1.18 bits per heavy atom. The van der Waals surface area contributed by atoms with Crippen molar-refractivity contribution in [3.8, 4) is 0 Å². The molecule has 1 aliphatic rings. The zero-order valence-electron chi connectivity index (χ0n) is 51.2. The van der Waals surface area contributed by atoms with Crippen LogP contribution in [-0.2, 0) is 14.3 Å². The van der Waals surface area contributed by atoms with E-state index in [2.05, 4.69) is 67.8 Å². The van der Waals surface area contributed by atoms with Crippen molar-refractivity contribution in [2.24, 2.45) is 0 Å². The molecule has 0 radical (unpaired) electrons. The highest BCUT2D eigenvalue weighted by atomic mass is 16.7. The maximum absolute atomic E-state index is 13.1. The van der Waals surface area contributed by atoms with E-state index in [0.29, 0.717) is 12.8 Å². The van der Waals surface area contributed by atoms with Crippen LogP contribution < -0.4 is 5.32 Å². The molecule has 1 aliphatic heterocycles. The SMILES string of the molecule is CC/C=C\C/C=C\C/C=C\C/C=C\CCCCCCCCCCCCCCCCCCCCC(=O)NC(COC1OC(CO)C(O)C(O)C1O)C(O)CCCCCCCCCCCCCCCCCCCCCCCCCC. The first-order valence-electron chi connectivity index (χ1n) is 33.8. The number of unbranched alkanes of at least 4 members (excludes halogenated alkanes) is 41. The van der Waals surface area contributed by atoms with E-state index in [1.165, 1.54) is 238 Å². The van der Waals surface area contributed by atoms with Crippen LogP contribution in [0.2, 0.25) is 0 Å². The molecule has 458 valence electrons. The number of ether oxygens (including phenoxy) is 2. The van der Waals surface area contributed by atoms with E-state index in [-0.39, 0.29) is 12.5 Å². The third-order valence-electron chi connectivity index (χ3n) is 16.2. The summed E-state index contributed by atoms with van der Waals surface area (Å²) < 4.78 is 11.4. The predicted molar refractivity (Wildman–Crippen MR) is 332 cm³/mol. The molecule has 0 spiro atoms. The number of aliphatic hydroxyl groups excluding tert-OH is 5. The summed E-state index contributed by atoms with van der Waals surface area (Å²) in [4.78, 5) is 13.1. The summed E-state index contributed by atoms with van der Waals surface area (Å²) in [5, 5.41) is 54.9. The van der Waals surface area contributed by atoms with Crippen LogP contribution in [-0.4, -0.2) is 87.5 Å². The first-order valence-corrected chi connectivity index (χ1v) is 33.8. The van der Waals surface area contributed by atoms with Gasteiger partial charge in [-0.3, -0.25) is 4.79 Å². The molecule has 7 unspecified atom stereocenters. The van der Waals surface area contributed by atoms with Gasteiger partial charge in [0.15, 0.2) is 6.29 Å². The van der Waals surface area contributed by atoms with E-state index in [1.54, 1.807) is 0 Å². The predicted octanol–water partition coefficient (Wildman–Crippen LogP) is 18.0. The van der Waals surface area contributed by atoms with E-state index in [4.69, 9.17) is 9.47 Å². The number of nitrogens with one attached hydrogen (secondary N) is 1. The fourth-order valence-electron chi connectivity index (χ4n) is 10.9. The van der Waals surface area contributed by atoms with Gasteiger partial charge in [-0.05, 0) is 51.4 Å². The molecule has 0 saturated carbocycles. The molecule has 1 saturated heterocycles. The summed E-state index contributed by atoms with van der Waals surface area (Å²) in [6.45, 7) is 3.77. The van der Waals surface area contributed by atoms with Gasteiger partial charge in [-0.1, -0.05) is 319 Å². The van der Waals surface area contributed by atoms with Crippen molar-refractivity contribution in [3.63, 3.8) is 0 Å². The van der Waals surface area contributed by atoms with Crippen molar-refractivity contribution in [3.05, 3.63) is 48.6 Å². The number of hydrogen-bond acceptors (Lipinski definition) is 8. The highest BCUT2D eigenvalue weighted by molar-refractivity contribution is 5.76.